The van der Waals surface area contributed by atoms with Gasteiger partial charge in [0.15, 0.2) is 0 Å². The van der Waals surface area contributed by atoms with Crippen molar-refractivity contribution in [1.29, 1.82) is 0 Å². The molecule has 3 atom stereocenters. The minimum atomic E-state index is -1.05. The van der Waals surface area contributed by atoms with Crippen molar-refractivity contribution in [3.63, 3.8) is 0 Å². The maximum atomic E-state index is 13.4. The number of halogens is 1. The van der Waals surface area contributed by atoms with Crippen LogP contribution in [0.25, 0.3) is 0 Å². The molecule has 1 fully saturated rings. The standard InChI is InChI=1S/C9H11FN2O5/c10-6-2-7(15)11-9(16)12(6)8-1-4(14)5(3-13)17-8/h2,4-5,8,13-14H,1,3H2,(H,11,15,16)/t4-,5+,8+/m0/s1. The lowest BCUT2D eigenvalue weighted by Crippen LogP contribution is -2.34. The topological polar surface area (TPSA) is 105 Å². The number of aromatic amines is 1. The Morgan fingerprint density at radius 2 is 2.29 bits per heavy atom. The third-order valence-corrected chi connectivity index (χ3v) is 2.60. The molecule has 2 heterocycles. The Balaban J connectivity index is 2.37. The second kappa shape index (κ2) is 4.40. The number of hydrogen-bond donors (Lipinski definition) is 3. The summed E-state index contributed by atoms with van der Waals surface area (Å²) in [7, 11) is 0. The van der Waals surface area contributed by atoms with Gasteiger partial charge in [0, 0.05) is 6.42 Å². The van der Waals surface area contributed by atoms with E-state index < -0.39 is 42.2 Å². The summed E-state index contributed by atoms with van der Waals surface area (Å²) in [5, 5.41) is 18.3. The summed E-state index contributed by atoms with van der Waals surface area (Å²) in [6, 6.07) is 0.614. The molecule has 0 aliphatic carbocycles. The number of hydrogen-bond acceptors (Lipinski definition) is 5. The second-order valence-corrected chi connectivity index (χ2v) is 3.75. The summed E-state index contributed by atoms with van der Waals surface area (Å²) in [6.07, 6.45) is -2.92. The van der Waals surface area contributed by atoms with Crippen molar-refractivity contribution in [3.05, 3.63) is 32.9 Å². The molecule has 1 aromatic rings. The molecule has 1 saturated heterocycles. The van der Waals surface area contributed by atoms with Crippen molar-refractivity contribution in [2.24, 2.45) is 0 Å². The first-order valence-electron chi connectivity index (χ1n) is 4.98. The van der Waals surface area contributed by atoms with Crippen molar-refractivity contribution in [2.45, 2.75) is 24.9 Å². The van der Waals surface area contributed by atoms with Crippen LogP contribution in [-0.4, -0.2) is 38.6 Å². The zero-order valence-corrected chi connectivity index (χ0v) is 8.67. The van der Waals surface area contributed by atoms with Gasteiger partial charge in [0.2, 0.25) is 5.95 Å². The lowest BCUT2D eigenvalue weighted by atomic mass is 10.2. The number of H-pyrrole nitrogens is 1. The highest BCUT2D eigenvalue weighted by molar-refractivity contribution is 4.90. The quantitative estimate of drug-likeness (QED) is 0.540. The van der Waals surface area contributed by atoms with Gasteiger partial charge in [-0.1, -0.05) is 0 Å². The summed E-state index contributed by atoms with van der Waals surface area (Å²) < 4.78 is 19.1. The fraction of sp³-hybridized carbons (Fsp3) is 0.556. The molecule has 0 radical (unpaired) electrons. The molecule has 94 valence electrons. The second-order valence-electron chi connectivity index (χ2n) is 3.75. The van der Waals surface area contributed by atoms with Gasteiger partial charge in [-0.2, -0.15) is 4.39 Å². The predicted octanol–water partition coefficient (Wildman–Crippen LogP) is -1.68. The molecular weight excluding hydrogens is 235 g/mol. The van der Waals surface area contributed by atoms with Gasteiger partial charge in [0.1, 0.15) is 12.3 Å². The van der Waals surface area contributed by atoms with Crippen LogP contribution in [0.3, 0.4) is 0 Å². The minimum absolute atomic E-state index is 0.0336. The maximum Gasteiger partial charge on any atom is 0.332 e. The van der Waals surface area contributed by atoms with Gasteiger partial charge >= 0.3 is 5.69 Å². The summed E-state index contributed by atoms with van der Waals surface area (Å²) in [5.41, 5.74) is -1.80. The third-order valence-electron chi connectivity index (χ3n) is 2.60. The third kappa shape index (κ3) is 2.14. The summed E-state index contributed by atoms with van der Waals surface area (Å²) >= 11 is 0. The summed E-state index contributed by atoms with van der Waals surface area (Å²) in [4.78, 5) is 24.1. The Kier molecular flexibility index (Phi) is 3.09. The molecule has 0 aromatic carbocycles. The Morgan fingerprint density at radius 1 is 1.59 bits per heavy atom. The maximum absolute atomic E-state index is 13.4. The van der Waals surface area contributed by atoms with Crippen LogP contribution in [0.5, 0.6) is 0 Å². The number of nitrogens with zero attached hydrogens (tertiary/aromatic N) is 1. The summed E-state index contributed by atoms with van der Waals surface area (Å²) in [5.74, 6) is -1.05. The molecule has 8 heteroatoms. The van der Waals surface area contributed by atoms with Gasteiger partial charge < -0.3 is 14.9 Å². The highest BCUT2D eigenvalue weighted by Gasteiger charge is 2.36. The van der Waals surface area contributed by atoms with Gasteiger partial charge in [-0.15, -0.1) is 0 Å². The number of aliphatic hydroxyl groups is 2. The number of ether oxygens (including phenoxy) is 1. The normalized spacial score (nSPS) is 28.5. The molecule has 0 unspecified atom stereocenters. The molecule has 3 N–H and O–H groups in total. The Hall–Kier alpha value is -1.51. The van der Waals surface area contributed by atoms with Gasteiger partial charge in [0.05, 0.1) is 18.8 Å². The summed E-state index contributed by atoms with van der Waals surface area (Å²) in [6.45, 7) is -0.433. The molecule has 17 heavy (non-hydrogen) atoms. The average molecular weight is 246 g/mol. The van der Waals surface area contributed by atoms with E-state index in [2.05, 4.69) is 0 Å². The molecule has 0 amide bonds. The van der Waals surface area contributed by atoms with Gasteiger partial charge in [-0.25, -0.2) is 9.36 Å². The zero-order valence-electron chi connectivity index (χ0n) is 8.67. The Morgan fingerprint density at radius 3 is 2.82 bits per heavy atom. The molecule has 1 aliphatic rings. The SMILES string of the molecule is O=c1cc(F)n([C@H]2C[C@H](O)[C@@H](CO)O2)c(=O)[nH]1. The monoisotopic (exact) mass is 246 g/mol. The highest BCUT2D eigenvalue weighted by Crippen LogP contribution is 2.27. The average Bonchev–Trinajstić information content (AvgIpc) is 2.57. The molecular formula is C9H11FN2O5. The molecule has 1 aromatic heterocycles. The van der Waals surface area contributed by atoms with E-state index in [0.717, 1.165) is 0 Å². The molecule has 7 nitrogen and oxygen atoms in total. The van der Waals surface area contributed by atoms with Crippen molar-refractivity contribution in [3.8, 4) is 0 Å². The van der Waals surface area contributed by atoms with E-state index in [0.29, 0.717) is 10.6 Å². The van der Waals surface area contributed by atoms with Crippen LogP contribution in [0, 0.1) is 5.95 Å². The van der Waals surface area contributed by atoms with Crippen LogP contribution in [0.4, 0.5) is 4.39 Å². The van der Waals surface area contributed by atoms with E-state index >= 15 is 0 Å². The van der Waals surface area contributed by atoms with E-state index in [9.17, 15) is 19.1 Å². The Labute approximate surface area is 94.1 Å². The van der Waals surface area contributed by atoms with Gasteiger partial charge in [-0.3, -0.25) is 9.78 Å². The van der Waals surface area contributed by atoms with Crippen molar-refractivity contribution in [1.82, 2.24) is 9.55 Å². The first-order chi connectivity index (χ1) is 8.02. The van der Waals surface area contributed by atoms with E-state index in [1.165, 1.54) is 0 Å². The van der Waals surface area contributed by atoms with Gasteiger partial charge in [-0.05, 0) is 0 Å². The lowest BCUT2D eigenvalue weighted by molar-refractivity contribution is -0.0494. The fourth-order valence-corrected chi connectivity index (χ4v) is 1.78. The van der Waals surface area contributed by atoms with Gasteiger partial charge in [0.25, 0.3) is 5.56 Å². The number of rotatable bonds is 2. The van der Waals surface area contributed by atoms with E-state index in [1.54, 1.807) is 0 Å². The van der Waals surface area contributed by atoms with Crippen molar-refractivity contribution < 1.29 is 19.3 Å². The van der Waals surface area contributed by atoms with Crippen LogP contribution >= 0.6 is 0 Å². The number of aliphatic hydroxyl groups excluding tert-OH is 2. The highest BCUT2D eigenvalue weighted by atomic mass is 19.1. The first kappa shape index (κ1) is 12.0. The number of nitrogens with one attached hydrogen (secondary N) is 1. The van der Waals surface area contributed by atoms with Crippen LogP contribution in [0.15, 0.2) is 15.7 Å². The Bertz CT molecular complexity index is 525. The zero-order chi connectivity index (χ0) is 12.6. The van der Waals surface area contributed by atoms with E-state index in [-0.39, 0.29) is 6.42 Å². The fourth-order valence-electron chi connectivity index (χ4n) is 1.78. The van der Waals surface area contributed by atoms with Crippen LogP contribution in [0.2, 0.25) is 0 Å². The number of aromatic nitrogens is 2. The molecule has 1 aliphatic heterocycles. The van der Waals surface area contributed by atoms with E-state index in [4.69, 9.17) is 9.84 Å². The molecule has 0 bridgehead atoms. The molecule has 0 saturated carbocycles. The van der Waals surface area contributed by atoms with Crippen LogP contribution in [0.1, 0.15) is 12.6 Å². The van der Waals surface area contributed by atoms with Crippen molar-refractivity contribution in [2.75, 3.05) is 6.61 Å². The van der Waals surface area contributed by atoms with Crippen molar-refractivity contribution >= 4 is 0 Å². The smallest absolute Gasteiger partial charge is 0.332 e. The predicted molar refractivity (Wildman–Crippen MR) is 52.9 cm³/mol. The largest absolute Gasteiger partial charge is 0.394 e. The molecule has 0 spiro atoms. The van der Waals surface area contributed by atoms with Crippen LogP contribution < -0.4 is 11.2 Å². The minimum Gasteiger partial charge on any atom is -0.394 e. The molecule has 2 rings (SSSR count). The lowest BCUT2D eigenvalue weighted by Gasteiger charge is -2.14. The first-order valence-corrected chi connectivity index (χ1v) is 4.98. The van der Waals surface area contributed by atoms with Crippen LogP contribution in [-0.2, 0) is 4.74 Å². The van der Waals surface area contributed by atoms with E-state index in [1.807, 2.05) is 4.98 Å².